The van der Waals surface area contributed by atoms with Gasteiger partial charge in [-0.3, -0.25) is 4.40 Å². The summed E-state index contributed by atoms with van der Waals surface area (Å²) in [6.45, 7) is 0.203. The zero-order valence-corrected chi connectivity index (χ0v) is 17.3. The number of hydrogen-bond acceptors (Lipinski definition) is 6. The van der Waals surface area contributed by atoms with Crippen molar-refractivity contribution in [2.24, 2.45) is 0 Å². The lowest BCUT2D eigenvalue weighted by Crippen LogP contribution is -2.05. The maximum Gasteiger partial charge on any atom is 0.416 e. The molecule has 5 rings (SSSR count). The Hall–Kier alpha value is -2.43. The van der Waals surface area contributed by atoms with Crippen LogP contribution in [0.5, 0.6) is 11.5 Å². The normalized spacial score (nSPS) is 13.3. The van der Waals surface area contributed by atoms with Crippen LogP contribution in [0, 0.1) is 0 Å². The number of alkyl halides is 3. The first kappa shape index (κ1) is 19.5. The molecule has 0 fully saturated rings. The van der Waals surface area contributed by atoms with Crippen LogP contribution in [-0.4, -0.2) is 21.4 Å². The first-order valence-electron chi connectivity index (χ1n) is 8.60. The molecule has 2 aromatic carbocycles. The monoisotopic (exact) mass is 469 g/mol. The highest BCUT2D eigenvalue weighted by Crippen LogP contribution is 2.38. The summed E-state index contributed by atoms with van der Waals surface area (Å²) in [7, 11) is 0. The van der Waals surface area contributed by atoms with Gasteiger partial charge in [0.05, 0.1) is 11.3 Å². The van der Waals surface area contributed by atoms with Gasteiger partial charge in [-0.25, -0.2) is 0 Å². The first-order chi connectivity index (χ1) is 14.4. The number of aromatic nitrogens is 3. The predicted molar refractivity (Wildman–Crippen MR) is 108 cm³/mol. The standard InChI is InChI=1S/C19H11ClF3N3O2S2/c20-13-5-11(4-12(6-13)19(21,22)23)14-8-30-18-25-24-17(26(14)18)29-7-10-1-2-15-16(3-10)28-9-27-15/h1-6,8H,7,9H2. The van der Waals surface area contributed by atoms with Crippen molar-refractivity contribution in [3.8, 4) is 22.8 Å². The van der Waals surface area contributed by atoms with Crippen molar-refractivity contribution in [2.45, 2.75) is 17.1 Å². The van der Waals surface area contributed by atoms with Crippen molar-refractivity contribution in [1.29, 1.82) is 0 Å². The number of ether oxygens (including phenoxy) is 2. The van der Waals surface area contributed by atoms with E-state index in [9.17, 15) is 13.2 Å². The van der Waals surface area contributed by atoms with Gasteiger partial charge in [-0.2, -0.15) is 13.2 Å². The average molecular weight is 470 g/mol. The summed E-state index contributed by atoms with van der Waals surface area (Å²) >= 11 is 8.69. The Kier molecular flexibility index (Phi) is 4.79. The molecule has 2 aromatic heterocycles. The van der Waals surface area contributed by atoms with Gasteiger partial charge < -0.3 is 9.47 Å². The highest BCUT2D eigenvalue weighted by Gasteiger charge is 2.31. The van der Waals surface area contributed by atoms with Gasteiger partial charge in [0.15, 0.2) is 16.7 Å². The number of fused-ring (bicyclic) bond motifs is 2. The van der Waals surface area contributed by atoms with Crippen molar-refractivity contribution in [3.05, 3.63) is 57.9 Å². The molecule has 0 saturated heterocycles. The Morgan fingerprint density at radius 1 is 1.10 bits per heavy atom. The zero-order chi connectivity index (χ0) is 20.9. The van der Waals surface area contributed by atoms with Crippen LogP contribution in [0.2, 0.25) is 5.02 Å². The van der Waals surface area contributed by atoms with Gasteiger partial charge >= 0.3 is 6.18 Å². The Bertz CT molecular complexity index is 1260. The predicted octanol–water partition coefficient (Wildman–Crippen LogP) is 6.15. The van der Waals surface area contributed by atoms with Crippen molar-refractivity contribution in [1.82, 2.24) is 14.6 Å². The summed E-state index contributed by atoms with van der Waals surface area (Å²) in [4.78, 5) is 0.590. The lowest BCUT2D eigenvalue weighted by molar-refractivity contribution is -0.137. The lowest BCUT2D eigenvalue weighted by Gasteiger charge is -2.10. The van der Waals surface area contributed by atoms with Gasteiger partial charge in [-0.05, 0) is 35.9 Å². The molecule has 0 spiro atoms. The summed E-state index contributed by atoms with van der Waals surface area (Å²) in [5.74, 6) is 1.97. The molecule has 11 heteroatoms. The van der Waals surface area contributed by atoms with E-state index in [4.69, 9.17) is 21.1 Å². The third-order valence-electron chi connectivity index (χ3n) is 4.45. The van der Waals surface area contributed by atoms with E-state index in [1.807, 2.05) is 18.2 Å². The van der Waals surface area contributed by atoms with Gasteiger partial charge in [0.2, 0.25) is 11.8 Å². The van der Waals surface area contributed by atoms with E-state index in [1.165, 1.54) is 29.2 Å². The third-order valence-corrected chi connectivity index (χ3v) is 6.48. The molecule has 30 heavy (non-hydrogen) atoms. The minimum atomic E-state index is -4.49. The van der Waals surface area contributed by atoms with E-state index >= 15 is 0 Å². The van der Waals surface area contributed by atoms with Crippen molar-refractivity contribution in [3.63, 3.8) is 0 Å². The fraction of sp³-hybridized carbons (Fsp3) is 0.158. The topological polar surface area (TPSA) is 48.7 Å². The van der Waals surface area contributed by atoms with Crippen molar-refractivity contribution < 1.29 is 22.6 Å². The molecule has 0 amide bonds. The fourth-order valence-corrected chi connectivity index (χ4v) is 5.09. The number of rotatable bonds is 4. The molecule has 0 unspecified atom stereocenters. The van der Waals surface area contributed by atoms with E-state index in [-0.39, 0.29) is 11.8 Å². The molecule has 0 bridgehead atoms. The smallest absolute Gasteiger partial charge is 0.416 e. The molecule has 0 aliphatic carbocycles. The minimum absolute atomic E-state index is 0.0156. The molecule has 0 N–H and O–H groups in total. The summed E-state index contributed by atoms with van der Waals surface area (Å²) in [6.07, 6.45) is -4.49. The average Bonchev–Trinajstić information content (AvgIpc) is 3.41. The second-order valence-corrected chi connectivity index (χ2v) is 8.64. The highest BCUT2D eigenvalue weighted by molar-refractivity contribution is 7.98. The first-order valence-corrected chi connectivity index (χ1v) is 10.8. The summed E-state index contributed by atoms with van der Waals surface area (Å²) in [6, 6.07) is 9.17. The van der Waals surface area contributed by atoms with Crippen LogP contribution in [0.3, 0.4) is 0 Å². The van der Waals surface area contributed by atoms with Crippen LogP contribution < -0.4 is 9.47 Å². The third kappa shape index (κ3) is 3.59. The van der Waals surface area contributed by atoms with Crippen LogP contribution in [-0.2, 0) is 11.9 Å². The summed E-state index contributed by atoms with van der Waals surface area (Å²) in [5.41, 5.74) is 1.11. The van der Waals surface area contributed by atoms with Gasteiger partial charge in [0.1, 0.15) is 0 Å². The second-order valence-electron chi connectivity index (χ2n) is 6.42. The SMILES string of the molecule is FC(F)(F)c1cc(Cl)cc(-c2csc3nnc(SCc4ccc5c(c4)OCO5)n23)c1. The Morgan fingerprint density at radius 2 is 1.93 bits per heavy atom. The molecular weight excluding hydrogens is 459 g/mol. The fourth-order valence-electron chi connectivity index (χ4n) is 3.07. The number of halogens is 4. The van der Waals surface area contributed by atoms with E-state index < -0.39 is 11.7 Å². The second kappa shape index (κ2) is 7.36. The number of hydrogen-bond donors (Lipinski definition) is 0. The lowest BCUT2D eigenvalue weighted by atomic mass is 10.1. The molecule has 1 aliphatic rings. The van der Waals surface area contributed by atoms with Gasteiger partial charge in [-0.15, -0.1) is 21.5 Å². The van der Waals surface area contributed by atoms with E-state index in [2.05, 4.69) is 10.2 Å². The Labute approximate surface area is 181 Å². The van der Waals surface area contributed by atoms with Crippen molar-refractivity contribution in [2.75, 3.05) is 6.79 Å². The summed E-state index contributed by atoms with van der Waals surface area (Å²) in [5, 5.41) is 10.7. The van der Waals surface area contributed by atoms with Gasteiger partial charge in [0.25, 0.3) is 0 Å². The minimum Gasteiger partial charge on any atom is -0.454 e. The maximum atomic E-state index is 13.2. The quantitative estimate of drug-likeness (QED) is 0.335. The van der Waals surface area contributed by atoms with Crippen LogP contribution in [0.4, 0.5) is 13.2 Å². The number of benzene rings is 2. The summed E-state index contributed by atoms with van der Waals surface area (Å²) < 4.78 is 52.1. The van der Waals surface area contributed by atoms with Crippen LogP contribution in [0.15, 0.2) is 46.9 Å². The molecule has 5 nitrogen and oxygen atoms in total. The molecule has 0 atom stereocenters. The Balaban J connectivity index is 1.48. The molecule has 154 valence electrons. The van der Waals surface area contributed by atoms with E-state index in [1.54, 1.807) is 9.78 Å². The van der Waals surface area contributed by atoms with Crippen LogP contribution >= 0.6 is 34.7 Å². The molecule has 1 aliphatic heterocycles. The molecule has 4 aromatic rings. The molecule has 3 heterocycles. The highest BCUT2D eigenvalue weighted by atomic mass is 35.5. The number of nitrogens with zero attached hydrogens (tertiary/aromatic N) is 3. The van der Waals surface area contributed by atoms with Gasteiger partial charge in [-0.1, -0.05) is 29.4 Å². The van der Waals surface area contributed by atoms with Crippen LogP contribution in [0.1, 0.15) is 11.1 Å². The number of thioether (sulfide) groups is 1. The van der Waals surface area contributed by atoms with E-state index in [0.717, 1.165) is 17.7 Å². The molecular formula is C19H11ClF3N3O2S2. The largest absolute Gasteiger partial charge is 0.454 e. The number of thiazole rings is 1. The molecule has 0 radical (unpaired) electrons. The van der Waals surface area contributed by atoms with E-state index in [0.29, 0.717) is 38.6 Å². The van der Waals surface area contributed by atoms with Gasteiger partial charge in [0, 0.05) is 21.7 Å². The van der Waals surface area contributed by atoms with Crippen LogP contribution in [0.25, 0.3) is 16.2 Å². The maximum absolute atomic E-state index is 13.2. The Morgan fingerprint density at radius 3 is 2.77 bits per heavy atom. The zero-order valence-electron chi connectivity index (χ0n) is 14.9. The molecule has 0 saturated carbocycles. The van der Waals surface area contributed by atoms with Crippen molar-refractivity contribution >= 4 is 39.7 Å².